The fourth-order valence-electron chi connectivity index (χ4n) is 1.74. The Balaban J connectivity index is 2.24. The maximum absolute atomic E-state index is 11.9. The lowest BCUT2D eigenvalue weighted by atomic mass is 9.89. The van der Waals surface area contributed by atoms with Crippen molar-refractivity contribution in [3.05, 3.63) is 0 Å². The fraction of sp³-hybridized carbons (Fsp3) is 0.909. The summed E-state index contributed by atoms with van der Waals surface area (Å²) in [5.41, 5.74) is -0.190. The van der Waals surface area contributed by atoms with Gasteiger partial charge in [0, 0.05) is 19.6 Å². The van der Waals surface area contributed by atoms with E-state index in [0.29, 0.717) is 0 Å². The first-order chi connectivity index (χ1) is 7.08. The van der Waals surface area contributed by atoms with Crippen molar-refractivity contribution in [2.75, 3.05) is 39.8 Å². The van der Waals surface area contributed by atoms with Gasteiger partial charge < -0.3 is 15.5 Å². The highest BCUT2D eigenvalue weighted by Crippen LogP contribution is 2.24. The van der Waals surface area contributed by atoms with Crippen LogP contribution in [0.5, 0.6) is 0 Å². The molecule has 1 aliphatic heterocycles. The van der Waals surface area contributed by atoms with Crippen molar-refractivity contribution in [3.63, 3.8) is 0 Å². The number of carbonyl (C=O) groups is 1. The van der Waals surface area contributed by atoms with Crippen molar-refractivity contribution in [3.8, 4) is 0 Å². The van der Waals surface area contributed by atoms with Gasteiger partial charge in [0.05, 0.1) is 5.41 Å². The molecule has 4 heteroatoms. The third kappa shape index (κ3) is 3.47. The van der Waals surface area contributed by atoms with Crippen LogP contribution in [0.3, 0.4) is 0 Å². The molecule has 1 aliphatic rings. The van der Waals surface area contributed by atoms with Gasteiger partial charge >= 0.3 is 0 Å². The van der Waals surface area contributed by atoms with Crippen LogP contribution >= 0.6 is 0 Å². The van der Waals surface area contributed by atoms with Gasteiger partial charge in [-0.15, -0.1) is 0 Å². The molecule has 0 aromatic heterocycles. The van der Waals surface area contributed by atoms with E-state index in [0.717, 1.165) is 39.1 Å². The minimum Gasteiger partial charge on any atom is -0.354 e. The first-order valence-corrected chi connectivity index (χ1v) is 5.76. The van der Waals surface area contributed by atoms with Gasteiger partial charge in [-0.1, -0.05) is 6.92 Å². The molecule has 1 unspecified atom stereocenters. The SMILES string of the molecule is CCN(C)CCNC(=O)C1(C)CCNC1. The van der Waals surface area contributed by atoms with Crippen molar-refractivity contribution in [1.29, 1.82) is 0 Å². The molecule has 1 heterocycles. The minimum atomic E-state index is -0.190. The van der Waals surface area contributed by atoms with Gasteiger partial charge in [0.1, 0.15) is 0 Å². The zero-order valence-electron chi connectivity index (χ0n) is 10.1. The van der Waals surface area contributed by atoms with E-state index in [4.69, 9.17) is 0 Å². The minimum absolute atomic E-state index is 0.190. The molecular formula is C11H23N3O. The number of rotatable bonds is 5. The quantitative estimate of drug-likeness (QED) is 0.678. The predicted molar refractivity (Wildman–Crippen MR) is 61.8 cm³/mol. The smallest absolute Gasteiger partial charge is 0.227 e. The molecular weight excluding hydrogens is 190 g/mol. The molecule has 0 aromatic rings. The van der Waals surface area contributed by atoms with Crippen molar-refractivity contribution in [2.45, 2.75) is 20.3 Å². The number of hydrogen-bond acceptors (Lipinski definition) is 3. The second kappa shape index (κ2) is 5.47. The van der Waals surface area contributed by atoms with E-state index in [2.05, 4.69) is 29.5 Å². The van der Waals surface area contributed by atoms with Crippen molar-refractivity contribution >= 4 is 5.91 Å². The molecule has 0 radical (unpaired) electrons. The summed E-state index contributed by atoms with van der Waals surface area (Å²) >= 11 is 0. The normalized spacial score (nSPS) is 25.9. The summed E-state index contributed by atoms with van der Waals surface area (Å²) in [6.45, 7) is 8.61. The molecule has 1 fully saturated rings. The highest BCUT2D eigenvalue weighted by molar-refractivity contribution is 5.82. The maximum Gasteiger partial charge on any atom is 0.227 e. The molecule has 1 atom stereocenters. The Hall–Kier alpha value is -0.610. The van der Waals surface area contributed by atoms with Gasteiger partial charge in [-0.2, -0.15) is 0 Å². The summed E-state index contributed by atoms with van der Waals surface area (Å²) < 4.78 is 0. The third-order valence-electron chi connectivity index (χ3n) is 3.24. The van der Waals surface area contributed by atoms with E-state index >= 15 is 0 Å². The zero-order chi connectivity index (χ0) is 11.3. The lowest BCUT2D eigenvalue weighted by Gasteiger charge is -2.22. The second-order valence-corrected chi connectivity index (χ2v) is 4.64. The second-order valence-electron chi connectivity index (χ2n) is 4.64. The molecule has 0 bridgehead atoms. The summed E-state index contributed by atoms with van der Waals surface area (Å²) in [5, 5.41) is 6.24. The summed E-state index contributed by atoms with van der Waals surface area (Å²) in [5.74, 6) is 0.192. The molecule has 15 heavy (non-hydrogen) atoms. The van der Waals surface area contributed by atoms with Crippen LogP contribution in [0.4, 0.5) is 0 Å². The van der Waals surface area contributed by atoms with E-state index in [1.807, 2.05) is 6.92 Å². The van der Waals surface area contributed by atoms with Crippen LogP contribution in [-0.2, 0) is 4.79 Å². The summed E-state index contributed by atoms with van der Waals surface area (Å²) in [6, 6.07) is 0. The molecule has 0 aromatic carbocycles. The van der Waals surface area contributed by atoms with Crippen molar-refractivity contribution in [2.24, 2.45) is 5.41 Å². The van der Waals surface area contributed by atoms with E-state index < -0.39 is 0 Å². The lowest BCUT2D eigenvalue weighted by molar-refractivity contribution is -0.129. The van der Waals surface area contributed by atoms with Gasteiger partial charge in [-0.05, 0) is 33.5 Å². The van der Waals surface area contributed by atoms with Crippen molar-refractivity contribution in [1.82, 2.24) is 15.5 Å². The summed E-state index contributed by atoms with van der Waals surface area (Å²) in [6.07, 6.45) is 0.947. The zero-order valence-corrected chi connectivity index (χ0v) is 10.1. The van der Waals surface area contributed by atoms with Crippen molar-refractivity contribution < 1.29 is 4.79 Å². The number of hydrogen-bond donors (Lipinski definition) is 2. The Kier molecular flexibility index (Phi) is 4.54. The molecule has 0 spiro atoms. The van der Waals surface area contributed by atoms with Crippen LogP contribution in [-0.4, -0.2) is 50.6 Å². The van der Waals surface area contributed by atoms with Crippen LogP contribution in [0.2, 0.25) is 0 Å². The van der Waals surface area contributed by atoms with Crippen LogP contribution in [0.1, 0.15) is 20.3 Å². The van der Waals surface area contributed by atoms with Crippen LogP contribution in [0, 0.1) is 5.41 Å². The Morgan fingerprint density at radius 3 is 2.87 bits per heavy atom. The standard InChI is InChI=1S/C11H23N3O/c1-4-14(3)8-7-13-10(15)11(2)5-6-12-9-11/h12H,4-9H2,1-3H3,(H,13,15). The number of amides is 1. The Morgan fingerprint density at radius 1 is 1.60 bits per heavy atom. The highest BCUT2D eigenvalue weighted by atomic mass is 16.2. The van der Waals surface area contributed by atoms with Gasteiger partial charge in [0.25, 0.3) is 0 Å². The Morgan fingerprint density at radius 2 is 2.33 bits per heavy atom. The van der Waals surface area contributed by atoms with E-state index in [9.17, 15) is 4.79 Å². The average molecular weight is 213 g/mol. The monoisotopic (exact) mass is 213 g/mol. The lowest BCUT2D eigenvalue weighted by Crippen LogP contribution is -2.43. The maximum atomic E-state index is 11.9. The van der Waals surface area contributed by atoms with Gasteiger partial charge in [-0.25, -0.2) is 0 Å². The molecule has 88 valence electrons. The van der Waals surface area contributed by atoms with Gasteiger partial charge in [0.2, 0.25) is 5.91 Å². The molecule has 1 saturated heterocycles. The molecule has 1 rings (SSSR count). The van der Waals surface area contributed by atoms with Crippen LogP contribution < -0.4 is 10.6 Å². The first kappa shape index (κ1) is 12.5. The van der Waals surface area contributed by atoms with E-state index in [1.54, 1.807) is 0 Å². The number of likely N-dealkylation sites (N-methyl/N-ethyl adjacent to an activating group) is 1. The van der Waals surface area contributed by atoms with Crippen LogP contribution in [0.15, 0.2) is 0 Å². The molecule has 1 amide bonds. The van der Waals surface area contributed by atoms with E-state index in [-0.39, 0.29) is 11.3 Å². The Labute approximate surface area is 92.4 Å². The van der Waals surface area contributed by atoms with Gasteiger partial charge in [-0.3, -0.25) is 4.79 Å². The topological polar surface area (TPSA) is 44.4 Å². The highest BCUT2D eigenvalue weighted by Gasteiger charge is 2.35. The average Bonchev–Trinajstić information content (AvgIpc) is 2.66. The molecule has 0 aliphatic carbocycles. The molecule has 0 saturated carbocycles. The van der Waals surface area contributed by atoms with Crippen LogP contribution in [0.25, 0.3) is 0 Å². The Bertz CT molecular complexity index is 212. The molecule has 2 N–H and O–H groups in total. The first-order valence-electron chi connectivity index (χ1n) is 5.76. The third-order valence-corrected chi connectivity index (χ3v) is 3.24. The number of carbonyl (C=O) groups excluding carboxylic acids is 1. The number of nitrogens with zero attached hydrogens (tertiary/aromatic N) is 1. The van der Waals surface area contributed by atoms with Gasteiger partial charge in [0.15, 0.2) is 0 Å². The summed E-state index contributed by atoms with van der Waals surface area (Å²) in [4.78, 5) is 14.1. The summed E-state index contributed by atoms with van der Waals surface area (Å²) in [7, 11) is 2.06. The van der Waals surface area contributed by atoms with E-state index in [1.165, 1.54) is 0 Å². The predicted octanol–water partition coefficient (Wildman–Crippen LogP) is 0.0539. The fourth-order valence-corrected chi connectivity index (χ4v) is 1.74. The molecule has 4 nitrogen and oxygen atoms in total. The number of nitrogens with one attached hydrogen (secondary N) is 2. The largest absolute Gasteiger partial charge is 0.354 e.